The van der Waals surface area contributed by atoms with E-state index in [2.05, 4.69) is 4.72 Å². The molecule has 0 aromatic heterocycles. The minimum Gasteiger partial charge on any atom is -0.242 e. The summed E-state index contributed by atoms with van der Waals surface area (Å²) in [6.07, 6.45) is 0. The third kappa shape index (κ3) is 3.07. The van der Waals surface area contributed by atoms with Gasteiger partial charge in [0.1, 0.15) is 5.82 Å². The van der Waals surface area contributed by atoms with Gasteiger partial charge < -0.3 is 0 Å². The van der Waals surface area contributed by atoms with E-state index in [4.69, 9.17) is 0 Å². The van der Waals surface area contributed by atoms with Gasteiger partial charge in [0, 0.05) is 11.4 Å². The molecule has 0 spiro atoms. The summed E-state index contributed by atoms with van der Waals surface area (Å²) in [4.78, 5) is 0. The minimum atomic E-state index is -1.16. The van der Waals surface area contributed by atoms with Crippen LogP contribution < -0.4 is 4.72 Å². The molecule has 2 aromatic rings. The first-order valence-corrected chi connectivity index (χ1v) is 7.81. The number of hydrogen-bond donors (Lipinski definition) is 1. The van der Waals surface area contributed by atoms with Crippen molar-refractivity contribution in [3.8, 4) is 0 Å². The molecule has 1 N–H and O–H groups in total. The highest BCUT2D eigenvalue weighted by molar-refractivity contribution is 7.84. The number of benzene rings is 2. The number of nitrogens with one attached hydrogen (secondary N) is 1. The average Bonchev–Trinajstić information content (AvgIpc) is 2.37. The molecule has 0 aliphatic rings. The van der Waals surface area contributed by atoms with Gasteiger partial charge in [-0.25, -0.2) is 13.3 Å². The predicted molar refractivity (Wildman–Crippen MR) is 83.4 cm³/mol. The van der Waals surface area contributed by atoms with Crippen LogP contribution in [-0.4, -0.2) is 8.96 Å². The molecule has 20 heavy (non-hydrogen) atoms. The second kappa shape index (κ2) is 5.62. The summed E-state index contributed by atoms with van der Waals surface area (Å²) in [6, 6.07) is 10.5. The zero-order valence-electron chi connectivity index (χ0n) is 12.2. The fraction of sp³-hybridized carbons (Fsp3) is 0.375. The Labute approximate surface area is 122 Å². The van der Waals surface area contributed by atoms with Crippen LogP contribution in [0.15, 0.2) is 36.4 Å². The van der Waals surface area contributed by atoms with Crippen molar-refractivity contribution in [1.29, 1.82) is 0 Å². The molecule has 0 aliphatic carbocycles. The van der Waals surface area contributed by atoms with Crippen molar-refractivity contribution in [2.45, 2.75) is 38.5 Å². The van der Waals surface area contributed by atoms with Gasteiger partial charge in [0.15, 0.2) is 0 Å². The maximum absolute atomic E-state index is 13.8. The summed E-state index contributed by atoms with van der Waals surface area (Å²) in [5.74, 6) is -0.228. The van der Waals surface area contributed by atoms with Gasteiger partial charge in [-0.05, 0) is 44.7 Å². The molecule has 0 aliphatic heterocycles. The first-order valence-electron chi connectivity index (χ1n) is 6.66. The highest BCUT2D eigenvalue weighted by atomic mass is 32.2. The van der Waals surface area contributed by atoms with Gasteiger partial charge in [-0.15, -0.1) is 0 Å². The average molecular weight is 293 g/mol. The lowest BCUT2D eigenvalue weighted by molar-refractivity contribution is 0.617. The molecule has 1 unspecified atom stereocenters. The topological polar surface area (TPSA) is 29.1 Å². The van der Waals surface area contributed by atoms with Crippen LogP contribution in [0.5, 0.6) is 0 Å². The maximum Gasteiger partial charge on any atom is 0.131 e. The van der Waals surface area contributed by atoms with Gasteiger partial charge in [-0.1, -0.05) is 30.3 Å². The third-order valence-electron chi connectivity index (χ3n) is 3.21. The van der Waals surface area contributed by atoms with Crippen molar-refractivity contribution < 1.29 is 8.60 Å². The van der Waals surface area contributed by atoms with E-state index in [1.54, 1.807) is 12.1 Å². The molecule has 4 heteroatoms. The van der Waals surface area contributed by atoms with Crippen molar-refractivity contribution in [3.63, 3.8) is 0 Å². The minimum absolute atomic E-state index is 0.111. The van der Waals surface area contributed by atoms with Crippen LogP contribution in [0.25, 0.3) is 10.8 Å². The Kier molecular flexibility index (Phi) is 4.25. The van der Waals surface area contributed by atoms with Crippen LogP contribution in [0, 0.1) is 5.82 Å². The van der Waals surface area contributed by atoms with E-state index in [1.807, 2.05) is 45.9 Å². The predicted octanol–water partition coefficient (Wildman–Crippen LogP) is 4.09. The van der Waals surface area contributed by atoms with Gasteiger partial charge in [-0.2, -0.15) is 0 Å². The van der Waals surface area contributed by atoms with E-state index < -0.39 is 11.0 Å². The number of hydrogen-bond acceptors (Lipinski definition) is 1. The molecule has 2 atom stereocenters. The van der Waals surface area contributed by atoms with Crippen LogP contribution in [0.2, 0.25) is 0 Å². The lowest BCUT2D eigenvalue weighted by atomic mass is 10.00. The van der Waals surface area contributed by atoms with Crippen LogP contribution in [0.3, 0.4) is 0 Å². The fourth-order valence-electron chi connectivity index (χ4n) is 2.07. The van der Waals surface area contributed by atoms with Crippen LogP contribution in [0.1, 0.15) is 39.3 Å². The summed E-state index contributed by atoms with van der Waals surface area (Å²) < 4.78 is 28.7. The summed E-state index contributed by atoms with van der Waals surface area (Å²) in [5, 5.41) is 1.46. The van der Waals surface area contributed by atoms with E-state index in [0.717, 1.165) is 10.9 Å². The van der Waals surface area contributed by atoms with Crippen molar-refractivity contribution in [3.05, 3.63) is 47.8 Å². The molecule has 0 bridgehead atoms. The van der Waals surface area contributed by atoms with Gasteiger partial charge in [0.05, 0.1) is 15.7 Å². The van der Waals surface area contributed by atoms with E-state index in [9.17, 15) is 8.60 Å². The molecule has 0 saturated carbocycles. The molecular weight excluding hydrogens is 273 g/mol. The molecule has 2 nitrogen and oxygen atoms in total. The van der Waals surface area contributed by atoms with E-state index >= 15 is 0 Å². The Balaban J connectivity index is 2.38. The molecule has 0 amide bonds. The first kappa shape index (κ1) is 15.1. The monoisotopic (exact) mass is 293 g/mol. The van der Waals surface area contributed by atoms with Gasteiger partial charge in [0.25, 0.3) is 0 Å². The molecule has 0 radical (unpaired) electrons. The molecule has 0 fully saturated rings. The van der Waals surface area contributed by atoms with Crippen molar-refractivity contribution in [2.75, 3.05) is 0 Å². The molecule has 2 aromatic carbocycles. The van der Waals surface area contributed by atoms with E-state index in [0.29, 0.717) is 5.39 Å². The van der Waals surface area contributed by atoms with Gasteiger partial charge in [0.2, 0.25) is 0 Å². The second-order valence-electron chi connectivity index (χ2n) is 5.90. The highest BCUT2D eigenvalue weighted by Crippen LogP contribution is 2.27. The Hall–Kier alpha value is -1.26. The fourth-order valence-corrected chi connectivity index (χ4v) is 2.88. The Morgan fingerprint density at radius 2 is 1.70 bits per heavy atom. The number of fused-ring (bicyclic) bond motifs is 1. The largest absolute Gasteiger partial charge is 0.242 e. The molecule has 0 saturated heterocycles. The maximum atomic E-state index is 13.8. The third-order valence-corrected chi connectivity index (χ3v) is 4.89. The van der Waals surface area contributed by atoms with Crippen LogP contribution >= 0.6 is 0 Å². The Morgan fingerprint density at radius 3 is 2.35 bits per heavy atom. The van der Waals surface area contributed by atoms with Gasteiger partial charge >= 0.3 is 0 Å². The summed E-state index contributed by atoms with van der Waals surface area (Å²) in [7, 11) is -1.16. The van der Waals surface area contributed by atoms with Crippen LogP contribution in [0.4, 0.5) is 4.39 Å². The van der Waals surface area contributed by atoms with E-state index in [1.165, 1.54) is 6.07 Å². The zero-order chi connectivity index (χ0) is 14.9. The Bertz CT molecular complexity index is 648. The lowest BCUT2D eigenvalue weighted by Gasteiger charge is -2.23. The van der Waals surface area contributed by atoms with E-state index in [-0.39, 0.29) is 16.6 Å². The summed E-state index contributed by atoms with van der Waals surface area (Å²) in [6.45, 7) is 7.71. The van der Waals surface area contributed by atoms with Crippen molar-refractivity contribution >= 4 is 21.8 Å². The van der Waals surface area contributed by atoms with Crippen LogP contribution in [-0.2, 0) is 11.0 Å². The SMILES string of the molecule is C[C@@H](NS(=O)C(C)(C)C)c1cccc2c(F)cccc12. The standard InChI is InChI=1S/C16H20FNOS/c1-11(18-20(19)16(2,3)4)12-7-5-9-14-13(12)8-6-10-15(14)17/h5-11,18H,1-4H3/t11-,20?/m1/s1. The summed E-state index contributed by atoms with van der Waals surface area (Å²) in [5.41, 5.74) is 0.958. The summed E-state index contributed by atoms with van der Waals surface area (Å²) >= 11 is 0. The second-order valence-corrected chi connectivity index (χ2v) is 7.90. The highest BCUT2D eigenvalue weighted by Gasteiger charge is 2.22. The normalized spacial score (nSPS) is 15.2. The molecular formula is C16H20FNOS. The molecule has 108 valence electrons. The molecule has 2 rings (SSSR count). The number of rotatable bonds is 3. The van der Waals surface area contributed by atoms with Crippen molar-refractivity contribution in [2.24, 2.45) is 0 Å². The Morgan fingerprint density at radius 1 is 1.10 bits per heavy atom. The number of halogens is 1. The van der Waals surface area contributed by atoms with Crippen molar-refractivity contribution in [1.82, 2.24) is 4.72 Å². The first-order chi connectivity index (χ1) is 9.30. The lowest BCUT2D eigenvalue weighted by Crippen LogP contribution is -2.34. The zero-order valence-corrected chi connectivity index (χ0v) is 13.1. The smallest absolute Gasteiger partial charge is 0.131 e. The van der Waals surface area contributed by atoms with Gasteiger partial charge in [-0.3, -0.25) is 0 Å². The molecule has 0 heterocycles. The quantitative estimate of drug-likeness (QED) is 0.907.